The zero-order valence-corrected chi connectivity index (χ0v) is 8.14. The lowest BCUT2D eigenvalue weighted by Gasteiger charge is -2.06. The number of rotatable bonds is 3. The molecule has 72 valence electrons. The lowest BCUT2D eigenvalue weighted by Crippen LogP contribution is -1.97. The van der Waals surface area contributed by atoms with Crippen molar-refractivity contribution in [1.29, 1.82) is 0 Å². The maximum absolute atomic E-state index is 4.02. The topological polar surface area (TPSA) is 29.9 Å². The van der Waals surface area contributed by atoms with Crippen LogP contribution in [0.5, 0.6) is 0 Å². The number of imidazole rings is 1. The van der Waals surface area contributed by atoms with Crippen molar-refractivity contribution >= 4 is 5.69 Å². The Morgan fingerprint density at radius 2 is 2.36 bits per heavy atom. The molecule has 0 atom stereocenters. The predicted molar refractivity (Wildman–Crippen MR) is 57.7 cm³/mol. The van der Waals surface area contributed by atoms with E-state index in [1.54, 1.807) is 12.5 Å². The third-order valence-electron chi connectivity index (χ3n) is 2.03. The summed E-state index contributed by atoms with van der Waals surface area (Å²) in [4.78, 5) is 4.02. The van der Waals surface area contributed by atoms with Crippen molar-refractivity contribution in [2.24, 2.45) is 0 Å². The molecule has 3 heteroatoms. The fourth-order valence-corrected chi connectivity index (χ4v) is 1.39. The van der Waals surface area contributed by atoms with Gasteiger partial charge in [0.1, 0.15) is 0 Å². The van der Waals surface area contributed by atoms with Crippen LogP contribution in [0.2, 0.25) is 0 Å². The molecule has 1 aromatic heterocycles. The second kappa shape index (κ2) is 3.96. The summed E-state index contributed by atoms with van der Waals surface area (Å²) in [7, 11) is 0. The first-order valence-electron chi connectivity index (χ1n) is 4.72. The third-order valence-corrected chi connectivity index (χ3v) is 2.03. The van der Waals surface area contributed by atoms with Gasteiger partial charge >= 0.3 is 0 Å². The Balaban J connectivity index is 2.31. The molecule has 0 aliphatic heterocycles. The number of hydrogen-bond donors (Lipinski definition) is 1. The van der Waals surface area contributed by atoms with Crippen molar-refractivity contribution < 1.29 is 0 Å². The van der Waals surface area contributed by atoms with Crippen LogP contribution in [0, 0.1) is 0 Å². The highest BCUT2D eigenvalue weighted by atomic mass is 15.0. The number of hydrogen-bond acceptors (Lipinski definition) is 2. The van der Waals surface area contributed by atoms with Gasteiger partial charge in [-0.15, -0.1) is 0 Å². The summed E-state index contributed by atoms with van der Waals surface area (Å²) < 4.78 is 1.99. The van der Waals surface area contributed by atoms with Crippen LogP contribution >= 0.6 is 0 Å². The fourth-order valence-electron chi connectivity index (χ4n) is 1.39. The Morgan fingerprint density at radius 1 is 1.43 bits per heavy atom. The van der Waals surface area contributed by atoms with Crippen LogP contribution in [0.15, 0.2) is 43.0 Å². The smallest absolute Gasteiger partial charge is 0.0991 e. The first-order chi connectivity index (χ1) is 6.90. The van der Waals surface area contributed by atoms with Crippen LogP contribution in [0.3, 0.4) is 0 Å². The summed E-state index contributed by atoms with van der Waals surface area (Å²) in [6, 6.07) is 8.25. The molecule has 0 aliphatic rings. The molecule has 0 saturated heterocycles. The van der Waals surface area contributed by atoms with Gasteiger partial charge in [-0.1, -0.05) is 6.07 Å². The highest BCUT2D eigenvalue weighted by Gasteiger charge is 1.95. The molecule has 0 saturated carbocycles. The van der Waals surface area contributed by atoms with E-state index in [4.69, 9.17) is 0 Å². The number of benzene rings is 1. The van der Waals surface area contributed by atoms with Gasteiger partial charge in [0, 0.05) is 30.3 Å². The average Bonchev–Trinajstić information content (AvgIpc) is 2.71. The minimum Gasteiger partial charge on any atom is -0.385 e. The van der Waals surface area contributed by atoms with Crippen molar-refractivity contribution in [2.45, 2.75) is 6.92 Å². The highest BCUT2D eigenvalue weighted by Crippen LogP contribution is 2.13. The first-order valence-corrected chi connectivity index (χ1v) is 4.72. The molecule has 3 nitrogen and oxygen atoms in total. The van der Waals surface area contributed by atoms with Crippen LogP contribution in [0.1, 0.15) is 6.92 Å². The van der Waals surface area contributed by atoms with E-state index in [-0.39, 0.29) is 0 Å². The average molecular weight is 187 g/mol. The minimum absolute atomic E-state index is 0.938. The normalized spacial score (nSPS) is 10.1. The lowest BCUT2D eigenvalue weighted by molar-refractivity contribution is 1.06. The quantitative estimate of drug-likeness (QED) is 0.799. The van der Waals surface area contributed by atoms with Gasteiger partial charge in [0.15, 0.2) is 0 Å². The fraction of sp³-hybridized carbons (Fsp3) is 0.182. The number of nitrogens with zero attached hydrogens (tertiary/aromatic N) is 2. The molecule has 1 heterocycles. The Bertz CT molecular complexity index is 393. The number of aromatic nitrogens is 2. The molecule has 0 unspecified atom stereocenters. The van der Waals surface area contributed by atoms with Gasteiger partial charge in [0.2, 0.25) is 0 Å². The van der Waals surface area contributed by atoms with E-state index in [0.29, 0.717) is 0 Å². The van der Waals surface area contributed by atoms with Gasteiger partial charge < -0.3 is 9.88 Å². The Morgan fingerprint density at radius 3 is 3.07 bits per heavy atom. The molecule has 0 radical (unpaired) electrons. The summed E-state index contributed by atoms with van der Waals surface area (Å²) >= 11 is 0. The Kier molecular flexibility index (Phi) is 2.49. The van der Waals surface area contributed by atoms with E-state index < -0.39 is 0 Å². The van der Waals surface area contributed by atoms with E-state index in [0.717, 1.165) is 17.9 Å². The molecule has 2 rings (SSSR count). The largest absolute Gasteiger partial charge is 0.385 e. The molecule has 0 amide bonds. The lowest BCUT2D eigenvalue weighted by atomic mass is 10.2. The zero-order chi connectivity index (χ0) is 9.80. The first kappa shape index (κ1) is 8.81. The van der Waals surface area contributed by atoms with Crippen molar-refractivity contribution in [3.8, 4) is 5.69 Å². The van der Waals surface area contributed by atoms with Crippen LogP contribution in [-0.2, 0) is 0 Å². The number of anilines is 1. The summed E-state index contributed by atoms with van der Waals surface area (Å²) in [5, 5.41) is 3.28. The number of nitrogens with one attached hydrogen (secondary N) is 1. The molecule has 14 heavy (non-hydrogen) atoms. The third kappa shape index (κ3) is 1.76. The monoisotopic (exact) mass is 187 g/mol. The van der Waals surface area contributed by atoms with E-state index >= 15 is 0 Å². The van der Waals surface area contributed by atoms with Crippen molar-refractivity contribution in [2.75, 3.05) is 11.9 Å². The molecule has 2 aromatic rings. The van der Waals surface area contributed by atoms with Crippen LogP contribution in [0.25, 0.3) is 5.69 Å². The molecule has 0 aliphatic carbocycles. The second-order valence-corrected chi connectivity index (χ2v) is 3.05. The van der Waals surface area contributed by atoms with Gasteiger partial charge in [-0.05, 0) is 25.1 Å². The molecule has 0 spiro atoms. The molecular formula is C11H13N3. The highest BCUT2D eigenvalue weighted by molar-refractivity contribution is 5.50. The SMILES string of the molecule is CCNc1cccc(-n2ccnc2)c1. The van der Waals surface area contributed by atoms with Gasteiger partial charge in [-0.25, -0.2) is 4.98 Å². The predicted octanol–water partition coefficient (Wildman–Crippen LogP) is 2.30. The van der Waals surface area contributed by atoms with Crippen molar-refractivity contribution in [3.63, 3.8) is 0 Å². The maximum atomic E-state index is 4.02. The summed E-state index contributed by atoms with van der Waals surface area (Å²) in [6.45, 7) is 3.03. The molecule has 0 bridgehead atoms. The summed E-state index contributed by atoms with van der Waals surface area (Å²) in [5.41, 5.74) is 2.26. The van der Waals surface area contributed by atoms with E-state index in [2.05, 4.69) is 35.4 Å². The maximum Gasteiger partial charge on any atom is 0.0991 e. The zero-order valence-electron chi connectivity index (χ0n) is 8.14. The minimum atomic E-state index is 0.938. The van der Waals surface area contributed by atoms with E-state index in [1.165, 1.54) is 0 Å². The van der Waals surface area contributed by atoms with Gasteiger partial charge in [-0.3, -0.25) is 0 Å². The summed E-state index contributed by atoms with van der Waals surface area (Å²) in [5.74, 6) is 0. The Hall–Kier alpha value is -1.77. The standard InChI is InChI=1S/C11H13N3/c1-2-13-10-4-3-5-11(8-10)14-7-6-12-9-14/h3-9,13H,2H2,1H3. The summed E-state index contributed by atoms with van der Waals surface area (Å²) in [6.07, 6.45) is 5.51. The van der Waals surface area contributed by atoms with Crippen LogP contribution in [-0.4, -0.2) is 16.1 Å². The van der Waals surface area contributed by atoms with E-state index in [9.17, 15) is 0 Å². The van der Waals surface area contributed by atoms with Gasteiger partial charge in [-0.2, -0.15) is 0 Å². The van der Waals surface area contributed by atoms with Gasteiger partial charge in [0.05, 0.1) is 6.33 Å². The molecule has 0 fully saturated rings. The van der Waals surface area contributed by atoms with Gasteiger partial charge in [0.25, 0.3) is 0 Å². The van der Waals surface area contributed by atoms with Crippen LogP contribution in [0.4, 0.5) is 5.69 Å². The molecular weight excluding hydrogens is 174 g/mol. The van der Waals surface area contributed by atoms with Crippen LogP contribution < -0.4 is 5.32 Å². The van der Waals surface area contributed by atoms with E-state index in [1.807, 2.05) is 16.8 Å². The van der Waals surface area contributed by atoms with Crippen molar-refractivity contribution in [3.05, 3.63) is 43.0 Å². The Labute approximate surface area is 83.4 Å². The second-order valence-electron chi connectivity index (χ2n) is 3.05. The van der Waals surface area contributed by atoms with Crippen molar-refractivity contribution in [1.82, 2.24) is 9.55 Å². The molecule has 1 aromatic carbocycles. The molecule has 1 N–H and O–H groups in total.